The highest BCUT2D eigenvalue weighted by molar-refractivity contribution is 9.10. The zero-order chi connectivity index (χ0) is 13.1. The Morgan fingerprint density at radius 2 is 2.06 bits per heavy atom. The van der Waals surface area contributed by atoms with Crippen molar-refractivity contribution in [1.29, 1.82) is 0 Å². The van der Waals surface area contributed by atoms with Gasteiger partial charge >= 0.3 is 5.97 Å². The zero-order valence-electron chi connectivity index (χ0n) is 10.1. The number of carbonyl (C=O) groups excluding carboxylic acids is 1. The fourth-order valence-corrected chi connectivity index (χ4v) is 1.88. The monoisotopic (exact) mass is 309 g/mol. The van der Waals surface area contributed by atoms with Crippen molar-refractivity contribution in [2.24, 2.45) is 0 Å². The summed E-state index contributed by atoms with van der Waals surface area (Å²) in [5, 5.41) is 3.93. The highest BCUT2D eigenvalue weighted by atomic mass is 79.9. The van der Waals surface area contributed by atoms with Crippen LogP contribution in [0, 0.1) is 6.92 Å². The molecule has 0 unspecified atom stereocenters. The summed E-state index contributed by atoms with van der Waals surface area (Å²) in [5.74, 6) is 0.0561. The summed E-state index contributed by atoms with van der Waals surface area (Å²) >= 11 is 3.36. The van der Waals surface area contributed by atoms with E-state index >= 15 is 0 Å². The van der Waals surface area contributed by atoms with E-state index in [1.807, 2.05) is 24.3 Å². The molecule has 0 saturated carbocycles. The van der Waals surface area contributed by atoms with Crippen molar-refractivity contribution < 1.29 is 14.1 Å². The van der Waals surface area contributed by atoms with E-state index in [2.05, 4.69) is 21.1 Å². The van der Waals surface area contributed by atoms with Gasteiger partial charge in [0.1, 0.15) is 17.0 Å². The van der Waals surface area contributed by atoms with Crippen molar-refractivity contribution in [3.05, 3.63) is 40.1 Å². The number of hydrogen-bond acceptors (Lipinski definition) is 4. The topological polar surface area (TPSA) is 52.3 Å². The van der Waals surface area contributed by atoms with Crippen LogP contribution in [0.1, 0.15) is 23.0 Å². The normalized spacial score (nSPS) is 10.4. The van der Waals surface area contributed by atoms with Crippen molar-refractivity contribution in [3.8, 4) is 11.3 Å². The van der Waals surface area contributed by atoms with Gasteiger partial charge in [-0.25, -0.2) is 4.79 Å². The molecular formula is C13H12BrNO3. The SMILES string of the molecule is CCOC(=O)c1c(-c2ccc(Br)cc2)noc1C. The van der Waals surface area contributed by atoms with Gasteiger partial charge in [0.2, 0.25) is 0 Å². The minimum atomic E-state index is -0.408. The molecule has 0 radical (unpaired) electrons. The van der Waals surface area contributed by atoms with E-state index in [4.69, 9.17) is 9.26 Å². The zero-order valence-corrected chi connectivity index (χ0v) is 11.7. The number of ether oxygens (including phenoxy) is 1. The maximum Gasteiger partial charge on any atom is 0.344 e. The Kier molecular flexibility index (Phi) is 3.81. The lowest BCUT2D eigenvalue weighted by Crippen LogP contribution is -2.06. The Morgan fingerprint density at radius 1 is 1.39 bits per heavy atom. The third kappa shape index (κ3) is 2.46. The first-order valence-corrected chi connectivity index (χ1v) is 6.32. The molecule has 0 bridgehead atoms. The number of aryl methyl sites for hydroxylation is 1. The molecule has 2 rings (SSSR count). The number of halogens is 1. The Hall–Kier alpha value is -1.62. The second-order valence-corrected chi connectivity index (χ2v) is 4.61. The number of nitrogens with zero attached hydrogens (tertiary/aromatic N) is 1. The summed E-state index contributed by atoms with van der Waals surface area (Å²) in [7, 11) is 0. The second-order valence-electron chi connectivity index (χ2n) is 3.69. The first kappa shape index (κ1) is 12.8. The first-order chi connectivity index (χ1) is 8.63. The third-order valence-electron chi connectivity index (χ3n) is 2.46. The van der Waals surface area contributed by atoms with E-state index in [-0.39, 0.29) is 0 Å². The van der Waals surface area contributed by atoms with E-state index in [0.717, 1.165) is 10.0 Å². The molecule has 18 heavy (non-hydrogen) atoms. The van der Waals surface area contributed by atoms with Gasteiger partial charge in [-0.2, -0.15) is 0 Å². The van der Waals surface area contributed by atoms with Crippen LogP contribution in [0.3, 0.4) is 0 Å². The van der Waals surface area contributed by atoms with Gasteiger partial charge in [0.25, 0.3) is 0 Å². The summed E-state index contributed by atoms with van der Waals surface area (Å²) in [6.45, 7) is 3.78. The maximum atomic E-state index is 11.9. The molecule has 4 nitrogen and oxygen atoms in total. The number of hydrogen-bond donors (Lipinski definition) is 0. The van der Waals surface area contributed by atoms with E-state index < -0.39 is 5.97 Å². The van der Waals surface area contributed by atoms with Gasteiger partial charge in [0.05, 0.1) is 6.61 Å². The van der Waals surface area contributed by atoms with Crippen molar-refractivity contribution in [2.45, 2.75) is 13.8 Å². The molecule has 0 saturated heterocycles. The van der Waals surface area contributed by atoms with Crippen LogP contribution in [0.2, 0.25) is 0 Å². The first-order valence-electron chi connectivity index (χ1n) is 5.52. The number of rotatable bonds is 3. The number of benzene rings is 1. The second kappa shape index (κ2) is 5.35. The van der Waals surface area contributed by atoms with Crippen LogP contribution >= 0.6 is 15.9 Å². The molecule has 5 heteroatoms. The van der Waals surface area contributed by atoms with Gasteiger partial charge < -0.3 is 9.26 Å². The van der Waals surface area contributed by atoms with E-state index in [0.29, 0.717) is 23.6 Å². The third-order valence-corrected chi connectivity index (χ3v) is 2.99. The van der Waals surface area contributed by atoms with Crippen LogP contribution in [0.25, 0.3) is 11.3 Å². The lowest BCUT2D eigenvalue weighted by molar-refractivity contribution is 0.0525. The highest BCUT2D eigenvalue weighted by Crippen LogP contribution is 2.27. The molecule has 0 aliphatic rings. The molecule has 0 aliphatic carbocycles. The molecule has 1 heterocycles. The molecule has 94 valence electrons. The summed E-state index contributed by atoms with van der Waals surface area (Å²) in [6, 6.07) is 7.50. The van der Waals surface area contributed by atoms with Crippen LogP contribution in [-0.4, -0.2) is 17.7 Å². The van der Waals surface area contributed by atoms with Gasteiger partial charge in [-0.15, -0.1) is 0 Å². The number of aromatic nitrogens is 1. The van der Waals surface area contributed by atoms with Gasteiger partial charge in [0.15, 0.2) is 0 Å². The molecule has 0 fully saturated rings. The predicted octanol–water partition coefficient (Wildman–Crippen LogP) is 3.59. The van der Waals surface area contributed by atoms with Gasteiger partial charge in [0, 0.05) is 10.0 Å². The molecule has 0 amide bonds. The minimum absolute atomic E-state index is 0.323. The van der Waals surface area contributed by atoms with Crippen LogP contribution < -0.4 is 0 Å². The number of carbonyl (C=O) groups is 1. The fourth-order valence-electron chi connectivity index (χ4n) is 1.62. The van der Waals surface area contributed by atoms with Crippen molar-refractivity contribution in [3.63, 3.8) is 0 Å². The Labute approximate surface area is 113 Å². The molecule has 2 aromatic rings. The van der Waals surface area contributed by atoms with Crippen LogP contribution in [0.5, 0.6) is 0 Å². The minimum Gasteiger partial charge on any atom is -0.462 e. The van der Waals surface area contributed by atoms with Gasteiger partial charge in [-0.05, 0) is 26.0 Å². The van der Waals surface area contributed by atoms with Gasteiger partial charge in [-0.1, -0.05) is 33.2 Å². The smallest absolute Gasteiger partial charge is 0.344 e. The summed E-state index contributed by atoms with van der Waals surface area (Å²) in [5.41, 5.74) is 1.72. The Balaban J connectivity index is 2.45. The molecule has 1 aromatic carbocycles. The van der Waals surface area contributed by atoms with Crippen LogP contribution in [0.15, 0.2) is 33.3 Å². The summed E-state index contributed by atoms with van der Waals surface area (Å²) in [4.78, 5) is 11.9. The molecule has 0 spiro atoms. The standard InChI is InChI=1S/C13H12BrNO3/c1-3-17-13(16)11-8(2)18-15-12(11)9-4-6-10(14)7-5-9/h4-7H,3H2,1-2H3. The Bertz CT molecular complexity index is 560. The number of esters is 1. The lowest BCUT2D eigenvalue weighted by Gasteiger charge is -2.02. The average molecular weight is 310 g/mol. The maximum absolute atomic E-state index is 11.9. The van der Waals surface area contributed by atoms with Crippen molar-refractivity contribution in [2.75, 3.05) is 6.61 Å². The average Bonchev–Trinajstić information content (AvgIpc) is 2.72. The van der Waals surface area contributed by atoms with E-state index in [1.54, 1.807) is 13.8 Å². The predicted molar refractivity (Wildman–Crippen MR) is 70.3 cm³/mol. The summed E-state index contributed by atoms with van der Waals surface area (Å²) in [6.07, 6.45) is 0. The molecular weight excluding hydrogens is 298 g/mol. The van der Waals surface area contributed by atoms with Crippen molar-refractivity contribution >= 4 is 21.9 Å². The summed E-state index contributed by atoms with van der Waals surface area (Å²) < 4.78 is 11.1. The lowest BCUT2D eigenvalue weighted by atomic mass is 10.1. The van der Waals surface area contributed by atoms with Crippen LogP contribution in [-0.2, 0) is 4.74 Å². The Morgan fingerprint density at radius 3 is 2.67 bits per heavy atom. The van der Waals surface area contributed by atoms with Crippen molar-refractivity contribution in [1.82, 2.24) is 5.16 Å². The molecule has 1 aromatic heterocycles. The molecule has 0 atom stereocenters. The van der Waals surface area contributed by atoms with Gasteiger partial charge in [-0.3, -0.25) is 0 Å². The highest BCUT2D eigenvalue weighted by Gasteiger charge is 2.22. The van der Waals surface area contributed by atoms with E-state index in [1.165, 1.54) is 0 Å². The molecule has 0 N–H and O–H groups in total. The fraction of sp³-hybridized carbons (Fsp3) is 0.231. The quantitative estimate of drug-likeness (QED) is 0.813. The van der Waals surface area contributed by atoms with Crippen LogP contribution in [0.4, 0.5) is 0 Å². The molecule has 0 aliphatic heterocycles. The largest absolute Gasteiger partial charge is 0.462 e. The van der Waals surface area contributed by atoms with E-state index in [9.17, 15) is 4.79 Å².